The van der Waals surface area contributed by atoms with E-state index in [9.17, 15) is 25.9 Å². The molecule has 0 amide bonds. The molecule has 0 aliphatic heterocycles. The summed E-state index contributed by atoms with van der Waals surface area (Å²) in [7, 11) is -8.69. The van der Waals surface area contributed by atoms with E-state index in [1.165, 1.54) is 36.4 Å². The molecule has 0 heterocycles. The van der Waals surface area contributed by atoms with E-state index in [1.54, 1.807) is 0 Å². The van der Waals surface area contributed by atoms with Gasteiger partial charge < -0.3 is 9.11 Å². The zero-order chi connectivity index (χ0) is 18.7. The molecule has 0 saturated heterocycles. The Hall–Kier alpha value is 0.803. The molecule has 0 saturated carbocycles. The van der Waals surface area contributed by atoms with E-state index in [0.717, 1.165) is 0 Å². The molecule has 0 atom stereocenters. The average Bonchev–Trinajstić information content (AvgIpc) is 2.43. The summed E-state index contributed by atoms with van der Waals surface area (Å²) >= 11 is 12.5. The maximum atomic E-state index is 10.5. The van der Waals surface area contributed by atoms with Crippen LogP contribution in [0, 0.1) is 0 Å². The maximum Gasteiger partial charge on any atom is 2.00 e. The number of hydrogen-bond acceptors (Lipinski definition) is 6. The van der Waals surface area contributed by atoms with Crippen LogP contribution in [0.3, 0.4) is 0 Å². The van der Waals surface area contributed by atoms with Crippen LogP contribution in [0.25, 0.3) is 0 Å². The second-order valence-corrected chi connectivity index (χ2v) is 10.2. The topological polar surface area (TPSA) is 114 Å². The molecule has 0 aromatic heterocycles. The first-order valence-corrected chi connectivity index (χ1v) is 11.6. The first kappa shape index (κ1) is 25.8. The van der Waals surface area contributed by atoms with Crippen LogP contribution >= 0.6 is 63.7 Å². The van der Waals surface area contributed by atoms with Crippen molar-refractivity contribution >= 4 is 84.0 Å². The van der Waals surface area contributed by atoms with Gasteiger partial charge in [-0.05, 0) is 100 Å². The van der Waals surface area contributed by atoms with Gasteiger partial charge in [-0.25, -0.2) is 16.8 Å². The Labute approximate surface area is 191 Å². The van der Waals surface area contributed by atoms with Gasteiger partial charge in [0.2, 0.25) is 0 Å². The summed E-state index contributed by atoms with van der Waals surface area (Å²) in [5, 5.41) is 0. The van der Waals surface area contributed by atoms with Crippen molar-refractivity contribution in [2.24, 2.45) is 0 Å². The molecule has 132 valence electrons. The summed E-state index contributed by atoms with van der Waals surface area (Å²) in [4.78, 5) is -0.477. The maximum absolute atomic E-state index is 10.5. The van der Waals surface area contributed by atoms with Gasteiger partial charge in [0.1, 0.15) is 20.2 Å². The third-order valence-electron chi connectivity index (χ3n) is 2.36. The monoisotopic (exact) mass is 690 g/mol. The Morgan fingerprint density at radius 1 is 0.600 bits per heavy atom. The van der Waals surface area contributed by atoms with E-state index in [0.29, 0.717) is 17.9 Å². The largest absolute Gasteiger partial charge is 2.00 e. The zero-order valence-electron chi connectivity index (χ0n) is 11.9. The van der Waals surface area contributed by atoms with Crippen molar-refractivity contribution in [3.05, 3.63) is 54.3 Å². The molecule has 0 N–H and O–H groups in total. The summed E-state index contributed by atoms with van der Waals surface area (Å²) in [5.41, 5.74) is 0. The molecule has 2 aromatic carbocycles. The van der Waals surface area contributed by atoms with E-state index in [2.05, 4.69) is 63.7 Å². The van der Waals surface area contributed by atoms with Gasteiger partial charge in [0.25, 0.3) is 0 Å². The van der Waals surface area contributed by atoms with Crippen molar-refractivity contribution in [1.29, 1.82) is 0 Å². The van der Waals surface area contributed by atoms with E-state index in [-0.39, 0.29) is 29.3 Å². The van der Waals surface area contributed by atoms with Gasteiger partial charge >= 0.3 is 19.5 Å². The van der Waals surface area contributed by atoms with Crippen molar-refractivity contribution in [3.63, 3.8) is 0 Å². The minimum Gasteiger partial charge on any atom is -0.744 e. The van der Waals surface area contributed by atoms with E-state index in [1.807, 2.05) is 0 Å². The molecule has 2 aromatic rings. The average molecular weight is 695 g/mol. The summed E-state index contributed by atoms with van der Waals surface area (Å²) in [6, 6.07) is 8.00. The number of hydrogen-bond donors (Lipinski definition) is 0. The first-order chi connectivity index (χ1) is 10.8. The fourth-order valence-electron chi connectivity index (χ4n) is 1.26. The van der Waals surface area contributed by atoms with E-state index in [4.69, 9.17) is 0 Å². The van der Waals surface area contributed by atoms with Gasteiger partial charge in [0.15, 0.2) is 0 Å². The van der Waals surface area contributed by atoms with Crippen molar-refractivity contribution in [2.75, 3.05) is 0 Å². The fourth-order valence-corrected chi connectivity index (χ4v) is 3.81. The van der Waals surface area contributed by atoms with Crippen molar-refractivity contribution in [1.82, 2.24) is 0 Å². The molecule has 0 bridgehead atoms. The number of halogens is 4. The zero-order valence-corrected chi connectivity index (χ0v) is 22.9. The molecule has 0 spiro atoms. The van der Waals surface area contributed by atoms with Crippen molar-refractivity contribution in [2.45, 2.75) is 9.79 Å². The first-order valence-electron chi connectivity index (χ1n) is 5.64. The predicted octanol–water partition coefficient (Wildman–Crippen LogP) is 4.23. The predicted molar refractivity (Wildman–Crippen MR) is 99.6 cm³/mol. The van der Waals surface area contributed by atoms with Crippen LogP contribution in [0.4, 0.5) is 0 Å². The molecule has 6 nitrogen and oxygen atoms in total. The van der Waals surface area contributed by atoms with Crippen LogP contribution in [0.5, 0.6) is 0 Å². The van der Waals surface area contributed by atoms with Crippen LogP contribution < -0.4 is 0 Å². The van der Waals surface area contributed by atoms with Gasteiger partial charge in [-0.3, -0.25) is 0 Å². The van der Waals surface area contributed by atoms with Crippen LogP contribution in [-0.4, -0.2) is 25.9 Å². The van der Waals surface area contributed by atoms with Crippen LogP contribution in [0.15, 0.2) is 64.1 Å². The van der Waals surface area contributed by atoms with Crippen molar-refractivity contribution in [3.8, 4) is 0 Å². The van der Waals surface area contributed by atoms with Gasteiger partial charge in [0.05, 0.1) is 9.79 Å². The standard InChI is InChI=1S/2C6H4Br2O3S.Zn/c2*7-5-2-1-4(3-6(5)8)12(9,10)11;/h2*1-3H,(H,9,10,11);/q;;+2/p-2. The second kappa shape index (κ2) is 10.4. The molecule has 0 aliphatic rings. The Balaban J connectivity index is 0.000000443. The third kappa shape index (κ3) is 8.57. The molecule has 0 aliphatic carbocycles. The normalized spacial score (nSPS) is 11.1. The number of rotatable bonds is 2. The van der Waals surface area contributed by atoms with Gasteiger partial charge in [-0.1, -0.05) is 0 Å². The Kier molecular flexibility index (Phi) is 10.7. The molecular weight excluding hydrogens is 689 g/mol. The summed E-state index contributed by atoms with van der Waals surface area (Å²) < 4.78 is 65.5. The fraction of sp³-hybridized carbons (Fsp3) is 0. The van der Waals surface area contributed by atoms with E-state index < -0.39 is 20.2 Å². The molecule has 13 heteroatoms. The molecular formula is C12H6Br4O6S2Zn. The summed E-state index contributed by atoms with van der Waals surface area (Å²) in [6.07, 6.45) is 0. The summed E-state index contributed by atoms with van der Waals surface area (Å²) in [6.45, 7) is 0. The quantitative estimate of drug-likeness (QED) is 0.344. The third-order valence-corrected chi connectivity index (χ3v) is 7.78. The molecule has 25 heavy (non-hydrogen) atoms. The minimum atomic E-state index is -4.34. The van der Waals surface area contributed by atoms with Gasteiger partial charge in [-0.2, -0.15) is 0 Å². The van der Waals surface area contributed by atoms with Gasteiger partial charge in [-0.15, -0.1) is 0 Å². The Bertz CT molecular complexity index is 884. The van der Waals surface area contributed by atoms with E-state index >= 15 is 0 Å². The minimum absolute atomic E-state index is 0. The van der Waals surface area contributed by atoms with Gasteiger partial charge in [0, 0.05) is 17.9 Å². The molecule has 0 unspecified atom stereocenters. The SMILES string of the molecule is O=S(=O)([O-])c1ccc(Br)c(Br)c1.O=S(=O)([O-])c1ccc(Br)c(Br)c1.[Zn+2]. The Morgan fingerprint density at radius 3 is 1.08 bits per heavy atom. The number of benzene rings is 2. The smallest absolute Gasteiger partial charge is 0.744 e. The summed E-state index contributed by atoms with van der Waals surface area (Å²) in [5.74, 6) is 0. The molecule has 2 rings (SSSR count). The van der Waals surface area contributed by atoms with Crippen LogP contribution in [0.2, 0.25) is 0 Å². The second-order valence-electron chi connectivity index (χ2n) is 4.06. The van der Waals surface area contributed by atoms with Crippen LogP contribution in [0.1, 0.15) is 0 Å². The Morgan fingerprint density at radius 2 is 0.880 bits per heavy atom. The van der Waals surface area contributed by atoms with Crippen LogP contribution in [-0.2, 0) is 39.7 Å². The van der Waals surface area contributed by atoms with Crippen molar-refractivity contribution < 1.29 is 45.4 Å². The molecule has 0 radical (unpaired) electrons. The molecule has 0 fully saturated rings.